The van der Waals surface area contributed by atoms with Crippen molar-refractivity contribution < 1.29 is 9.59 Å². The molecule has 7 nitrogen and oxygen atoms in total. The molecule has 2 amide bonds. The summed E-state index contributed by atoms with van der Waals surface area (Å²) in [4.78, 5) is 32.2. The third-order valence-electron chi connectivity index (χ3n) is 3.28. The van der Waals surface area contributed by atoms with Gasteiger partial charge >= 0.3 is 0 Å². The van der Waals surface area contributed by atoms with E-state index in [1.54, 1.807) is 53.3 Å². The lowest BCUT2D eigenvalue weighted by molar-refractivity contribution is 0.0925. The molecular weight excluding hydrogens is 330 g/mol. The molecule has 1 aromatic carbocycles. The molecule has 2 aromatic heterocycles. The number of hydrogen-bond acceptors (Lipinski definition) is 4. The van der Waals surface area contributed by atoms with E-state index in [1.807, 2.05) is 0 Å². The second-order valence-electron chi connectivity index (χ2n) is 4.94. The van der Waals surface area contributed by atoms with Crippen molar-refractivity contribution in [3.8, 4) is 0 Å². The summed E-state index contributed by atoms with van der Waals surface area (Å²) in [7, 11) is 0. The second kappa shape index (κ2) is 7.10. The molecule has 0 bridgehead atoms. The molecule has 0 spiro atoms. The van der Waals surface area contributed by atoms with E-state index in [1.165, 1.54) is 0 Å². The van der Waals surface area contributed by atoms with E-state index in [-0.39, 0.29) is 30.6 Å². The maximum atomic E-state index is 12.0. The lowest BCUT2D eigenvalue weighted by Gasteiger charge is -2.07. The van der Waals surface area contributed by atoms with Crippen molar-refractivity contribution in [3.63, 3.8) is 0 Å². The molecule has 0 aliphatic carbocycles. The minimum absolute atomic E-state index is 0.270. The van der Waals surface area contributed by atoms with E-state index < -0.39 is 0 Å². The first kappa shape index (κ1) is 15.9. The van der Waals surface area contributed by atoms with Crippen molar-refractivity contribution in [2.24, 2.45) is 0 Å². The van der Waals surface area contributed by atoms with Gasteiger partial charge in [-0.2, -0.15) is 0 Å². The van der Waals surface area contributed by atoms with E-state index >= 15 is 0 Å². The van der Waals surface area contributed by atoms with Gasteiger partial charge < -0.3 is 10.6 Å². The van der Waals surface area contributed by atoms with Gasteiger partial charge in [-0.3, -0.25) is 14.0 Å². The van der Waals surface area contributed by atoms with E-state index in [0.29, 0.717) is 16.4 Å². The molecule has 3 aromatic rings. The Hall–Kier alpha value is -2.93. The van der Waals surface area contributed by atoms with Crippen molar-refractivity contribution >= 4 is 29.2 Å². The largest absolute Gasteiger partial charge is 0.350 e. The number of hydrogen-bond donors (Lipinski definition) is 2. The highest BCUT2D eigenvalue weighted by Gasteiger charge is 2.11. The van der Waals surface area contributed by atoms with Crippen molar-refractivity contribution in [1.82, 2.24) is 25.0 Å². The second-order valence-corrected chi connectivity index (χ2v) is 5.35. The molecule has 0 unspecified atom stereocenters. The Bertz CT molecular complexity index is 860. The van der Waals surface area contributed by atoms with Crippen LogP contribution in [0.4, 0.5) is 0 Å². The van der Waals surface area contributed by atoms with Crippen LogP contribution in [0, 0.1) is 0 Å². The van der Waals surface area contributed by atoms with Gasteiger partial charge in [-0.25, -0.2) is 9.97 Å². The lowest BCUT2D eigenvalue weighted by atomic mass is 10.2. The summed E-state index contributed by atoms with van der Waals surface area (Å²) in [5, 5.41) is 5.77. The number of amides is 2. The number of nitrogens with zero attached hydrogens (tertiary/aromatic N) is 3. The van der Waals surface area contributed by atoms with Crippen LogP contribution in [0.25, 0.3) is 5.78 Å². The molecule has 2 N–H and O–H groups in total. The quantitative estimate of drug-likeness (QED) is 0.688. The molecule has 0 aliphatic rings. The average Bonchev–Trinajstić information content (AvgIpc) is 3.03. The van der Waals surface area contributed by atoms with E-state index in [4.69, 9.17) is 11.6 Å². The van der Waals surface area contributed by atoms with Crippen molar-refractivity contribution in [2.45, 2.75) is 0 Å². The van der Waals surface area contributed by atoms with Gasteiger partial charge in [-0.05, 0) is 18.2 Å². The van der Waals surface area contributed by atoms with Gasteiger partial charge in [0.15, 0.2) is 0 Å². The zero-order chi connectivity index (χ0) is 16.9. The standard InChI is InChI=1S/C16H14ClN5O2/c17-12-5-2-1-4-11(12)14(23)18-7-8-19-15(24)13-10-22-9-3-6-20-16(22)21-13/h1-6,9-10H,7-8H2,(H,18,23)(H,19,24). The van der Waals surface area contributed by atoms with E-state index in [2.05, 4.69) is 20.6 Å². The number of benzene rings is 1. The van der Waals surface area contributed by atoms with Gasteiger partial charge in [0.1, 0.15) is 5.69 Å². The molecule has 3 rings (SSSR count). The molecule has 24 heavy (non-hydrogen) atoms. The van der Waals surface area contributed by atoms with Crippen LogP contribution in [0.2, 0.25) is 5.02 Å². The van der Waals surface area contributed by atoms with E-state index in [9.17, 15) is 9.59 Å². The summed E-state index contributed by atoms with van der Waals surface area (Å²) in [6.45, 7) is 0.553. The smallest absolute Gasteiger partial charge is 0.271 e. The molecular formula is C16H14ClN5O2. The monoisotopic (exact) mass is 343 g/mol. The summed E-state index contributed by atoms with van der Waals surface area (Å²) in [6, 6.07) is 8.53. The van der Waals surface area contributed by atoms with Crippen LogP contribution < -0.4 is 10.6 Å². The zero-order valence-corrected chi connectivity index (χ0v) is 13.3. The predicted molar refractivity (Wildman–Crippen MR) is 89.1 cm³/mol. The number of imidazole rings is 1. The summed E-state index contributed by atoms with van der Waals surface area (Å²) in [5.41, 5.74) is 0.669. The highest BCUT2D eigenvalue weighted by atomic mass is 35.5. The summed E-state index contributed by atoms with van der Waals surface area (Å²) in [6.07, 6.45) is 4.96. The number of halogens is 1. The maximum Gasteiger partial charge on any atom is 0.271 e. The molecule has 122 valence electrons. The third kappa shape index (κ3) is 3.52. The van der Waals surface area contributed by atoms with Crippen LogP contribution in [-0.2, 0) is 0 Å². The van der Waals surface area contributed by atoms with Gasteiger partial charge in [-0.1, -0.05) is 23.7 Å². The first-order valence-corrected chi connectivity index (χ1v) is 7.63. The molecule has 0 saturated carbocycles. The zero-order valence-electron chi connectivity index (χ0n) is 12.6. The molecule has 0 aliphatic heterocycles. The minimum atomic E-state index is -0.326. The fraction of sp³-hybridized carbons (Fsp3) is 0.125. The van der Waals surface area contributed by atoms with Crippen LogP contribution >= 0.6 is 11.6 Å². The lowest BCUT2D eigenvalue weighted by Crippen LogP contribution is -2.34. The first-order valence-electron chi connectivity index (χ1n) is 7.26. The predicted octanol–water partition coefficient (Wildman–Crippen LogP) is 1.54. The van der Waals surface area contributed by atoms with Gasteiger partial charge in [0.2, 0.25) is 5.78 Å². The minimum Gasteiger partial charge on any atom is -0.350 e. The van der Waals surface area contributed by atoms with Crippen molar-refractivity contribution in [1.29, 1.82) is 0 Å². The molecule has 0 radical (unpaired) electrons. The van der Waals surface area contributed by atoms with Crippen LogP contribution in [0.5, 0.6) is 0 Å². The molecule has 0 fully saturated rings. The summed E-state index contributed by atoms with van der Waals surface area (Å²) < 4.78 is 1.66. The Labute approximate surface area is 142 Å². The molecule has 2 heterocycles. The Morgan fingerprint density at radius 3 is 2.58 bits per heavy atom. The number of fused-ring (bicyclic) bond motifs is 1. The summed E-state index contributed by atoms with van der Waals surface area (Å²) >= 11 is 5.95. The molecule has 8 heteroatoms. The number of rotatable bonds is 5. The number of nitrogens with one attached hydrogen (secondary N) is 2. The van der Waals surface area contributed by atoms with Crippen molar-refractivity contribution in [2.75, 3.05) is 13.1 Å². The van der Waals surface area contributed by atoms with Gasteiger partial charge in [-0.15, -0.1) is 0 Å². The highest BCUT2D eigenvalue weighted by Crippen LogP contribution is 2.14. The summed E-state index contributed by atoms with van der Waals surface area (Å²) in [5.74, 6) is -0.158. The van der Waals surface area contributed by atoms with Crippen LogP contribution in [0.3, 0.4) is 0 Å². The Kier molecular flexibility index (Phi) is 4.72. The van der Waals surface area contributed by atoms with E-state index in [0.717, 1.165) is 0 Å². The molecule has 0 saturated heterocycles. The number of aromatic nitrogens is 3. The number of carbonyl (C=O) groups excluding carboxylic acids is 2. The average molecular weight is 344 g/mol. The topological polar surface area (TPSA) is 88.4 Å². The van der Waals surface area contributed by atoms with Gasteiger partial charge in [0.05, 0.1) is 10.6 Å². The Balaban J connectivity index is 1.50. The van der Waals surface area contributed by atoms with Gasteiger partial charge in [0, 0.05) is 31.7 Å². The first-order chi connectivity index (χ1) is 11.6. The fourth-order valence-electron chi connectivity index (χ4n) is 2.12. The third-order valence-corrected chi connectivity index (χ3v) is 3.61. The van der Waals surface area contributed by atoms with Crippen molar-refractivity contribution in [3.05, 3.63) is 65.2 Å². The Morgan fingerprint density at radius 2 is 1.83 bits per heavy atom. The maximum absolute atomic E-state index is 12.0. The van der Waals surface area contributed by atoms with Crippen LogP contribution in [0.15, 0.2) is 48.9 Å². The number of carbonyl (C=O) groups is 2. The molecule has 0 atom stereocenters. The highest BCUT2D eigenvalue weighted by molar-refractivity contribution is 6.33. The van der Waals surface area contributed by atoms with Gasteiger partial charge in [0.25, 0.3) is 11.8 Å². The normalized spacial score (nSPS) is 10.5. The fourth-order valence-corrected chi connectivity index (χ4v) is 2.34. The van der Waals surface area contributed by atoms with Crippen LogP contribution in [-0.4, -0.2) is 39.3 Å². The Morgan fingerprint density at radius 1 is 1.08 bits per heavy atom. The van der Waals surface area contributed by atoms with Crippen LogP contribution in [0.1, 0.15) is 20.8 Å². The SMILES string of the molecule is O=C(NCCNC(=O)c1ccccc1Cl)c1cn2cccnc2n1.